The van der Waals surface area contributed by atoms with Crippen molar-refractivity contribution in [2.24, 2.45) is 5.73 Å². The van der Waals surface area contributed by atoms with Crippen molar-refractivity contribution in [3.63, 3.8) is 0 Å². The van der Waals surface area contributed by atoms with Gasteiger partial charge in [0, 0.05) is 23.2 Å². The minimum absolute atomic E-state index is 0.00897. The van der Waals surface area contributed by atoms with Gasteiger partial charge in [0.15, 0.2) is 5.00 Å². The van der Waals surface area contributed by atoms with Gasteiger partial charge in [-0.25, -0.2) is 4.79 Å². The summed E-state index contributed by atoms with van der Waals surface area (Å²) in [5.41, 5.74) is 4.65. The van der Waals surface area contributed by atoms with Gasteiger partial charge in [0.25, 0.3) is 5.69 Å². The van der Waals surface area contributed by atoms with E-state index in [1.54, 1.807) is 6.92 Å². The van der Waals surface area contributed by atoms with E-state index in [-0.39, 0.29) is 39.2 Å². The Kier molecular flexibility index (Phi) is 6.79. The summed E-state index contributed by atoms with van der Waals surface area (Å²) in [5.74, 6) is -2.22. The average molecular weight is 411 g/mol. The molecular weight excluding hydrogens is 398 g/mol. The van der Waals surface area contributed by atoms with Crippen LogP contribution in [0.4, 0.5) is 10.7 Å². The van der Waals surface area contributed by atoms with Crippen LogP contribution in [0.2, 0.25) is 0 Å². The third-order valence-electron chi connectivity index (χ3n) is 3.01. The van der Waals surface area contributed by atoms with Crippen molar-refractivity contribution >= 4 is 51.8 Å². The number of hydrogen-bond acceptors (Lipinski definition) is 10. The van der Waals surface area contributed by atoms with Crippen LogP contribution >= 0.6 is 23.3 Å². The Labute approximate surface area is 160 Å². The van der Waals surface area contributed by atoms with Gasteiger partial charge >= 0.3 is 5.97 Å². The average Bonchev–Trinajstić information content (AvgIpc) is 3.08. The molecule has 0 fully saturated rings. The number of nitro groups is 1. The highest BCUT2D eigenvalue weighted by Gasteiger charge is 2.21. The summed E-state index contributed by atoms with van der Waals surface area (Å²) >= 11 is 1.70. The van der Waals surface area contributed by atoms with Crippen LogP contribution in [0.1, 0.15) is 27.8 Å². The number of thioether (sulfide) groups is 1. The number of carbonyl (C=O) groups is 3. The molecule has 1 heterocycles. The molecule has 1 aromatic carbocycles. The molecule has 0 bridgehead atoms. The number of primary amides is 1. The number of nitrogens with one attached hydrogen (secondary N) is 1. The number of nitro benzene ring substituents is 1. The van der Waals surface area contributed by atoms with E-state index in [4.69, 9.17) is 10.5 Å². The van der Waals surface area contributed by atoms with Gasteiger partial charge in [-0.3, -0.25) is 19.7 Å². The number of rotatable bonds is 8. The molecule has 1 aromatic heterocycles. The Morgan fingerprint density at radius 1 is 1.41 bits per heavy atom. The summed E-state index contributed by atoms with van der Waals surface area (Å²) in [6, 6.07) is 3.73. The molecule has 0 saturated heterocycles. The zero-order valence-electron chi connectivity index (χ0n) is 13.8. The minimum Gasteiger partial charge on any atom is -0.461 e. The third-order valence-corrected chi connectivity index (χ3v) is 4.71. The van der Waals surface area contributed by atoms with Crippen LogP contribution in [0.3, 0.4) is 0 Å². The van der Waals surface area contributed by atoms with E-state index >= 15 is 0 Å². The summed E-state index contributed by atoms with van der Waals surface area (Å²) in [7, 11) is 0. The predicted molar refractivity (Wildman–Crippen MR) is 96.8 cm³/mol. The maximum Gasteiger partial charge on any atom is 0.362 e. The van der Waals surface area contributed by atoms with Crippen molar-refractivity contribution in [1.29, 1.82) is 0 Å². The standard InChI is InChI=1S/C14H13N5O6S2/c1-2-25-14(22)11-13(27-18-17-11)16-10(20)6-26-9-4-3-7(12(15)21)5-8(9)19(23)24/h3-5H,2,6H2,1H3,(H2,15,21)(H,16,20). The highest BCUT2D eigenvalue weighted by atomic mass is 32.2. The van der Waals surface area contributed by atoms with E-state index in [1.807, 2.05) is 0 Å². The molecule has 0 saturated carbocycles. The number of anilines is 1. The Bertz CT molecular complexity index is 900. The Balaban J connectivity index is 2.06. The molecule has 13 heteroatoms. The number of esters is 1. The largest absolute Gasteiger partial charge is 0.461 e. The van der Waals surface area contributed by atoms with E-state index in [1.165, 1.54) is 12.1 Å². The fraction of sp³-hybridized carbons (Fsp3) is 0.214. The fourth-order valence-electron chi connectivity index (χ4n) is 1.85. The minimum atomic E-state index is -0.795. The molecule has 0 spiro atoms. The van der Waals surface area contributed by atoms with Crippen LogP contribution in [-0.4, -0.2) is 44.7 Å². The number of amides is 2. The SMILES string of the molecule is CCOC(=O)c1nnsc1NC(=O)CSc1ccc(C(N)=O)cc1[N+](=O)[O-]. The molecule has 2 rings (SSSR count). The van der Waals surface area contributed by atoms with Crippen LogP contribution in [0.25, 0.3) is 0 Å². The van der Waals surface area contributed by atoms with E-state index in [0.717, 1.165) is 29.4 Å². The number of nitrogens with two attached hydrogens (primary N) is 1. The van der Waals surface area contributed by atoms with E-state index in [0.29, 0.717) is 0 Å². The van der Waals surface area contributed by atoms with Gasteiger partial charge in [0.2, 0.25) is 17.5 Å². The lowest BCUT2D eigenvalue weighted by Gasteiger charge is -2.06. The highest BCUT2D eigenvalue weighted by molar-refractivity contribution is 8.00. The molecule has 11 nitrogen and oxygen atoms in total. The lowest BCUT2D eigenvalue weighted by Crippen LogP contribution is -2.16. The van der Waals surface area contributed by atoms with Gasteiger partial charge < -0.3 is 15.8 Å². The summed E-state index contributed by atoms with van der Waals surface area (Å²) in [4.78, 5) is 45.6. The first-order chi connectivity index (χ1) is 12.8. The van der Waals surface area contributed by atoms with Crippen molar-refractivity contribution in [3.05, 3.63) is 39.6 Å². The first-order valence-electron chi connectivity index (χ1n) is 7.33. The number of hydrogen-bond donors (Lipinski definition) is 2. The number of nitrogens with zero attached hydrogens (tertiary/aromatic N) is 3. The molecule has 0 atom stereocenters. The molecule has 27 heavy (non-hydrogen) atoms. The van der Waals surface area contributed by atoms with E-state index in [9.17, 15) is 24.5 Å². The molecule has 0 aliphatic carbocycles. The predicted octanol–water partition coefficient (Wildman–Crippen LogP) is 1.45. The van der Waals surface area contributed by atoms with Crippen molar-refractivity contribution in [2.45, 2.75) is 11.8 Å². The normalized spacial score (nSPS) is 10.3. The molecule has 142 valence electrons. The zero-order chi connectivity index (χ0) is 20.0. The Hall–Kier alpha value is -3.06. The van der Waals surface area contributed by atoms with Gasteiger partial charge in [-0.2, -0.15) is 0 Å². The summed E-state index contributed by atoms with van der Waals surface area (Å²) in [5, 5.41) is 17.4. The smallest absolute Gasteiger partial charge is 0.362 e. The van der Waals surface area contributed by atoms with E-state index in [2.05, 4.69) is 14.9 Å². The molecule has 0 aliphatic heterocycles. The molecule has 0 aliphatic rings. The van der Waals surface area contributed by atoms with E-state index < -0.39 is 22.7 Å². The van der Waals surface area contributed by atoms with Crippen molar-refractivity contribution < 1.29 is 24.0 Å². The van der Waals surface area contributed by atoms with Crippen LogP contribution in [0.15, 0.2) is 23.1 Å². The second-order valence-corrected chi connectivity index (χ2v) is 6.58. The Morgan fingerprint density at radius 3 is 2.78 bits per heavy atom. The highest BCUT2D eigenvalue weighted by Crippen LogP contribution is 2.30. The van der Waals surface area contributed by atoms with Gasteiger partial charge in [-0.15, -0.1) is 16.9 Å². The van der Waals surface area contributed by atoms with Crippen LogP contribution in [0, 0.1) is 10.1 Å². The quantitative estimate of drug-likeness (QED) is 0.283. The monoisotopic (exact) mass is 411 g/mol. The fourth-order valence-corrected chi connectivity index (χ4v) is 3.23. The molecule has 3 N–H and O–H groups in total. The maximum atomic E-state index is 12.1. The van der Waals surface area contributed by atoms with Crippen LogP contribution in [-0.2, 0) is 9.53 Å². The lowest BCUT2D eigenvalue weighted by atomic mass is 10.2. The second kappa shape index (κ2) is 9.05. The van der Waals surface area contributed by atoms with Gasteiger partial charge in [-0.05, 0) is 19.1 Å². The number of benzene rings is 1. The number of aromatic nitrogens is 2. The van der Waals surface area contributed by atoms with Crippen LogP contribution in [0.5, 0.6) is 0 Å². The second-order valence-electron chi connectivity index (χ2n) is 4.81. The van der Waals surface area contributed by atoms with Crippen molar-refractivity contribution in [2.75, 3.05) is 17.7 Å². The molecule has 0 radical (unpaired) electrons. The zero-order valence-corrected chi connectivity index (χ0v) is 15.5. The first-order valence-corrected chi connectivity index (χ1v) is 9.09. The Morgan fingerprint density at radius 2 is 2.15 bits per heavy atom. The molecule has 2 amide bonds. The first kappa shape index (κ1) is 20.3. The summed E-state index contributed by atoms with van der Waals surface area (Å²) < 4.78 is 8.40. The number of carbonyl (C=O) groups excluding carboxylic acids is 3. The van der Waals surface area contributed by atoms with Gasteiger partial charge in [0.05, 0.1) is 22.2 Å². The molecule has 2 aromatic rings. The lowest BCUT2D eigenvalue weighted by molar-refractivity contribution is -0.387. The van der Waals surface area contributed by atoms with Crippen molar-refractivity contribution in [1.82, 2.24) is 9.59 Å². The summed E-state index contributed by atoms with van der Waals surface area (Å²) in [6.45, 7) is 1.77. The summed E-state index contributed by atoms with van der Waals surface area (Å²) in [6.07, 6.45) is 0. The molecule has 0 unspecified atom stereocenters. The number of ether oxygens (including phenoxy) is 1. The van der Waals surface area contributed by atoms with Crippen molar-refractivity contribution in [3.8, 4) is 0 Å². The topological polar surface area (TPSA) is 167 Å². The third kappa shape index (κ3) is 5.21. The van der Waals surface area contributed by atoms with Crippen LogP contribution < -0.4 is 11.1 Å². The van der Waals surface area contributed by atoms with Gasteiger partial charge in [0.1, 0.15) is 0 Å². The maximum absolute atomic E-state index is 12.1. The molecular formula is C14H13N5O6S2. The van der Waals surface area contributed by atoms with Gasteiger partial charge in [-0.1, -0.05) is 4.49 Å².